The van der Waals surface area contributed by atoms with Crippen molar-refractivity contribution in [1.29, 1.82) is 0 Å². The number of sulfonamides is 1. The first-order valence-electron chi connectivity index (χ1n) is 12.3. The minimum atomic E-state index is -3.53. The second-order valence-corrected chi connectivity index (χ2v) is 11.0. The van der Waals surface area contributed by atoms with Crippen LogP contribution in [0, 0.1) is 6.92 Å². The first kappa shape index (κ1) is 27.9. The Morgan fingerprint density at radius 3 is 2.08 bits per heavy atom. The zero-order valence-corrected chi connectivity index (χ0v) is 22.4. The van der Waals surface area contributed by atoms with Crippen LogP contribution in [0.3, 0.4) is 0 Å². The largest absolute Gasteiger partial charge is 0.357 e. The van der Waals surface area contributed by atoms with Gasteiger partial charge >= 0.3 is 0 Å². The van der Waals surface area contributed by atoms with E-state index in [0.29, 0.717) is 18.5 Å². The van der Waals surface area contributed by atoms with Gasteiger partial charge in [0.15, 0.2) is 0 Å². The van der Waals surface area contributed by atoms with Crippen LogP contribution in [0.25, 0.3) is 0 Å². The van der Waals surface area contributed by atoms with Gasteiger partial charge in [-0.1, -0.05) is 72.8 Å². The maximum Gasteiger partial charge on any atom is 0.242 e. The summed E-state index contributed by atoms with van der Waals surface area (Å²) in [5.41, 5.74) is 3.38. The quantitative estimate of drug-likeness (QED) is 0.391. The highest BCUT2D eigenvalue weighted by molar-refractivity contribution is 7.92. The van der Waals surface area contributed by atoms with Crippen LogP contribution >= 0.6 is 0 Å². The first-order valence-corrected chi connectivity index (χ1v) is 14.2. The number of nitrogens with zero attached hydrogens (tertiary/aromatic N) is 2. The van der Waals surface area contributed by atoms with E-state index >= 15 is 0 Å². The molecule has 3 aromatic rings. The highest BCUT2D eigenvalue weighted by Gasteiger charge is 2.30. The number of amides is 2. The van der Waals surface area contributed by atoms with Crippen LogP contribution in [-0.4, -0.2) is 51.0 Å². The molecule has 1 N–H and O–H groups in total. The molecule has 0 saturated heterocycles. The molecule has 0 aliphatic heterocycles. The highest BCUT2D eigenvalue weighted by atomic mass is 32.2. The van der Waals surface area contributed by atoms with E-state index in [1.54, 1.807) is 18.0 Å². The molecular weight excluding hydrogens is 486 g/mol. The molecule has 0 heterocycles. The number of hydrogen-bond donors (Lipinski definition) is 1. The third-order valence-electron chi connectivity index (χ3n) is 6.16. The fraction of sp³-hybridized carbons (Fsp3) is 0.310. The normalized spacial score (nSPS) is 12.0. The van der Waals surface area contributed by atoms with Crippen molar-refractivity contribution in [3.63, 3.8) is 0 Å². The van der Waals surface area contributed by atoms with Crippen molar-refractivity contribution in [3.8, 4) is 0 Å². The highest BCUT2D eigenvalue weighted by Crippen LogP contribution is 2.21. The van der Waals surface area contributed by atoms with Gasteiger partial charge in [-0.3, -0.25) is 13.9 Å². The molecule has 0 aliphatic rings. The molecule has 1 atom stereocenters. The fourth-order valence-electron chi connectivity index (χ4n) is 4.29. The van der Waals surface area contributed by atoms with Gasteiger partial charge in [-0.2, -0.15) is 0 Å². The molecule has 0 unspecified atom stereocenters. The Morgan fingerprint density at radius 1 is 0.892 bits per heavy atom. The van der Waals surface area contributed by atoms with Gasteiger partial charge in [-0.05, 0) is 42.2 Å². The molecule has 0 radical (unpaired) electrons. The van der Waals surface area contributed by atoms with Crippen LogP contribution in [0.4, 0.5) is 5.69 Å². The Bertz CT molecular complexity index is 1280. The van der Waals surface area contributed by atoms with Crippen molar-refractivity contribution < 1.29 is 18.0 Å². The lowest BCUT2D eigenvalue weighted by Crippen LogP contribution is -2.49. The summed E-state index contributed by atoms with van der Waals surface area (Å²) in [6.07, 6.45) is 1.96. The van der Waals surface area contributed by atoms with Crippen molar-refractivity contribution >= 4 is 27.5 Å². The van der Waals surface area contributed by atoms with Crippen LogP contribution in [0.2, 0.25) is 0 Å². The van der Waals surface area contributed by atoms with Crippen LogP contribution in [0.5, 0.6) is 0 Å². The zero-order chi connectivity index (χ0) is 26.8. The number of likely N-dealkylation sites (N-methyl/N-ethyl adjacent to an activating group) is 1. The lowest BCUT2D eigenvalue weighted by Gasteiger charge is -2.31. The van der Waals surface area contributed by atoms with Gasteiger partial charge in [-0.25, -0.2) is 8.42 Å². The topological polar surface area (TPSA) is 86.8 Å². The molecule has 2 amide bonds. The minimum Gasteiger partial charge on any atom is -0.357 e. The average molecular weight is 522 g/mol. The Kier molecular flexibility index (Phi) is 9.85. The summed E-state index contributed by atoms with van der Waals surface area (Å²) in [5, 5.41) is 2.71. The molecule has 0 bridgehead atoms. The SMILES string of the molecule is CNC(=O)[C@H](Cc1ccccc1)N(Cc1ccccc1)C(=O)CCCN(c1cccc(C)c1)S(C)(=O)=O. The lowest BCUT2D eigenvalue weighted by molar-refractivity contribution is -0.141. The number of aryl methyl sites for hydroxylation is 1. The van der Waals surface area contributed by atoms with Gasteiger partial charge in [-0.15, -0.1) is 0 Å². The summed E-state index contributed by atoms with van der Waals surface area (Å²) in [4.78, 5) is 28.2. The molecule has 0 spiro atoms. The number of benzene rings is 3. The van der Waals surface area contributed by atoms with E-state index in [2.05, 4.69) is 5.32 Å². The third-order valence-corrected chi connectivity index (χ3v) is 7.35. The number of carbonyl (C=O) groups is 2. The molecule has 37 heavy (non-hydrogen) atoms. The van der Waals surface area contributed by atoms with E-state index in [4.69, 9.17) is 0 Å². The van der Waals surface area contributed by atoms with E-state index < -0.39 is 16.1 Å². The van der Waals surface area contributed by atoms with Gasteiger partial charge in [0.1, 0.15) is 6.04 Å². The Hall–Kier alpha value is -3.65. The van der Waals surface area contributed by atoms with Gasteiger partial charge in [0.25, 0.3) is 0 Å². The first-order chi connectivity index (χ1) is 17.7. The molecule has 0 fully saturated rings. The number of carbonyl (C=O) groups excluding carboxylic acids is 2. The lowest BCUT2D eigenvalue weighted by atomic mass is 10.0. The van der Waals surface area contributed by atoms with Gasteiger partial charge in [0.05, 0.1) is 11.9 Å². The molecule has 0 saturated carbocycles. The second kappa shape index (κ2) is 13.1. The molecule has 7 nitrogen and oxygen atoms in total. The Morgan fingerprint density at radius 2 is 1.51 bits per heavy atom. The zero-order valence-electron chi connectivity index (χ0n) is 21.6. The molecular formula is C29H35N3O4S. The van der Waals surface area contributed by atoms with Gasteiger partial charge in [0, 0.05) is 33.0 Å². The predicted molar refractivity (Wildman–Crippen MR) is 148 cm³/mol. The van der Waals surface area contributed by atoms with Gasteiger partial charge in [0.2, 0.25) is 21.8 Å². The third kappa shape index (κ3) is 8.18. The second-order valence-electron chi connectivity index (χ2n) is 9.10. The van der Waals surface area contributed by atoms with E-state index in [-0.39, 0.29) is 31.3 Å². The van der Waals surface area contributed by atoms with E-state index in [9.17, 15) is 18.0 Å². The Balaban J connectivity index is 1.82. The minimum absolute atomic E-state index is 0.104. The molecule has 3 aromatic carbocycles. The summed E-state index contributed by atoms with van der Waals surface area (Å²) in [5.74, 6) is -0.447. The van der Waals surface area contributed by atoms with Crippen molar-refractivity contribution in [2.75, 3.05) is 24.2 Å². The standard InChI is InChI=1S/C29H35N3O4S/c1-23-12-10-17-26(20-23)32(37(3,35)36)19-11-18-28(33)31(22-25-15-8-5-9-16-25)27(29(34)30-2)21-24-13-6-4-7-14-24/h4-10,12-17,20,27H,11,18-19,21-22H2,1-3H3,(H,30,34)/t27-/m0/s1. The number of nitrogens with one attached hydrogen (secondary N) is 1. The van der Waals surface area contributed by atoms with Crippen molar-refractivity contribution in [2.24, 2.45) is 0 Å². The van der Waals surface area contributed by atoms with Crippen molar-refractivity contribution in [1.82, 2.24) is 10.2 Å². The molecule has 0 aliphatic carbocycles. The smallest absolute Gasteiger partial charge is 0.242 e. The van der Waals surface area contributed by atoms with Crippen LogP contribution in [-0.2, 0) is 32.6 Å². The maximum atomic E-state index is 13.6. The summed E-state index contributed by atoms with van der Waals surface area (Å²) in [6.45, 7) is 2.34. The molecule has 3 rings (SSSR count). The number of hydrogen-bond acceptors (Lipinski definition) is 4. The fourth-order valence-corrected chi connectivity index (χ4v) is 5.24. The van der Waals surface area contributed by atoms with Crippen molar-refractivity contribution in [2.45, 2.75) is 38.8 Å². The monoisotopic (exact) mass is 521 g/mol. The summed E-state index contributed by atoms with van der Waals surface area (Å²) >= 11 is 0. The van der Waals surface area contributed by atoms with E-state index in [1.165, 1.54) is 10.6 Å². The van der Waals surface area contributed by atoms with E-state index in [1.807, 2.05) is 85.8 Å². The molecule has 8 heteroatoms. The molecule has 196 valence electrons. The van der Waals surface area contributed by atoms with E-state index in [0.717, 1.165) is 16.7 Å². The van der Waals surface area contributed by atoms with Crippen LogP contribution in [0.1, 0.15) is 29.5 Å². The van der Waals surface area contributed by atoms with Crippen molar-refractivity contribution in [3.05, 3.63) is 102 Å². The predicted octanol–water partition coefficient (Wildman–Crippen LogP) is 3.93. The van der Waals surface area contributed by atoms with Crippen LogP contribution < -0.4 is 9.62 Å². The summed E-state index contributed by atoms with van der Waals surface area (Å²) < 4.78 is 26.4. The summed E-state index contributed by atoms with van der Waals surface area (Å²) in [7, 11) is -1.96. The average Bonchev–Trinajstić information content (AvgIpc) is 2.88. The van der Waals surface area contributed by atoms with Crippen LogP contribution in [0.15, 0.2) is 84.9 Å². The van der Waals surface area contributed by atoms with Gasteiger partial charge < -0.3 is 10.2 Å². The molecule has 0 aromatic heterocycles. The maximum absolute atomic E-state index is 13.6. The Labute approximate surface area is 220 Å². The summed E-state index contributed by atoms with van der Waals surface area (Å²) in [6, 6.07) is 25.7. The number of rotatable bonds is 12. The number of anilines is 1.